The van der Waals surface area contributed by atoms with Crippen molar-refractivity contribution in [1.82, 2.24) is 5.43 Å². The number of nitrogens with one attached hydrogen (secondary N) is 1. The first-order valence-electron chi connectivity index (χ1n) is 9.00. The molecule has 3 aromatic carbocycles. The second-order valence-corrected chi connectivity index (χ2v) is 6.55. The molecule has 3 aromatic rings. The Hall–Kier alpha value is -3.41. The molecule has 1 heterocycles. The molecular formula is C22H22N2O4. The van der Waals surface area contributed by atoms with Crippen molar-refractivity contribution in [2.75, 3.05) is 21.3 Å². The van der Waals surface area contributed by atoms with Crippen LogP contribution < -0.4 is 19.6 Å². The Labute approximate surface area is 163 Å². The zero-order valence-electron chi connectivity index (χ0n) is 16.0. The van der Waals surface area contributed by atoms with Gasteiger partial charge in [0.2, 0.25) is 5.75 Å². The number of fused-ring (bicyclic) bond motifs is 1. The number of hydrazone groups is 1. The van der Waals surface area contributed by atoms with E-state index in [0.29, 0.717) is 23.7 Å². The van der Waals surface area contributed by atoms with Gasteiger partial charge in [0.1, 0.15) is 5.75 Å². The van der Waals surface area contributed by atoms with Crippen LogP contribution in [0.3, 0.4) is 0 Å². The van der Waals surface area contributed by atoms with Crippen LogP contribution in [0.5, 0.6) is 23.0 Å². The molecule has 2 N–H and O–H groups in total. The van der Waals surface area contributed by atoms with Crippen molar-refractivity contribution >= 4 is 16.5 Å². The largest absolute Gasteiger partial charge is 0.507 e. The van der Waals surface area contributed by atoms with E-state index in [1.165, 1.54) is 0 Å². The molecule has 1 unspecified atom stereocenters. The molecule has 1 aliphatic rings. The van der Waals surface area contributed by atoms with E-state index in [4.69, 9.17) is 14.2 Å². The monoisotopic (exact) mass is 378 g/mol. The van der Waals surface area contributed by atoms with Gasteiger partial charge in [-0.3, -0.25) is 0 Å². The fraction of sp³-hybridized carbons (Fsp3) is 0.227. The summed E-state index contributed by atoms with van der Waals surface area (Å²) < 4.78 is 16.4. The lowest BCUT2D eigenvalue weighted by molar-refractivity contribution is 0.320. The van der Waals surface area contributed by atoms with Gasteiger partial charge in [0.25, 0.3) is 0 Å². The molecule has 0 aromatic heterocycles. The lowest BCUT2D eigenvalue weighted by atomic mass is 9.95. The highest BCUT2D eigenvalue weighted by Crippen LogP contribution is 2.44. The summed E-state index contributed by atoms with van der Waals surface area (Å²) in [6.45, 7) is 0. The molecule has 1 atom stereocenters. The zero-order valence-corrected chi connectivity index (χ0v) is 16.0. The lowest BCUT2D eigenvalue weighted by Gasteiger charge is -2.19. The summed E-state index contributed by atoms with van der Waals surface area (Å²) >= 11 is 0. The molecular weight excluding hydrogens is 356 g/mol. The quantitative estimate of drug-likeness (QED) is 0.702. The minimum absolute atomic E-state index is 0.101. The van der Waals surface area contributed by atoms with E-state index in [-0.39, 0.29) is 11.8 Å². The van der Waals surface area contributed by atoms with Crippen molar-refractivity contribution in [2.45, 2.75) is 12.5 Å². The minimum Gasteiger partial charge on any atom is -0.507 e. The molecule has 28 heavy (non-hydrogen) atoms. The Balaban J connectivity index is 1.67. The van der Waals surface area contributed by atoms with Crippen LogP contribution in [0.1, 0.15) is 23.6 Å². The van der Waals surface area contributed by atoms with Crippen LogP contribution >= 0.6 is 0 Å². The average molecular weight is 378 g/mol. The molecule has 0 bridgehead atoms. The zero-order chi connectivity index (χ0) is 19.7. The minimum atomic E-state index is -0.101. The van der Waals surface area contributed by atoms with Crippen LogP contribution in [0, 0.1) is 0 Å². The molecule has 6 heteroatoms. The van der Waals surface area contributed by atoms with Gasteiger partial charge in [0.15, 0.2) is 11.5 Å². The number of ether oxygens (including phenoxy) is 3. The molecule has 0 amide bonds. The third-order valence-corrected chi connectivity index (χ3v) is 5.07. The number of methoxy groups -OCH3 is 3. The summed E-state index contributed by atoms with van der Waals surface area (Å²) in [5.74, 6) is 2.01. The van der Waals surface area contributed by atoms with Crippen molar-refractivity contribution in [2.24, 2.45) is 5.10 Å². The van der Waals surface area contributed by atoms with Gasteiger partial charge in [-0.2, -0.15) is 5.10 Å². The Morgan fingerprint density at radius 2 is 1.71 bits per heavy atom. The van der Waals surface area contributed by atoms with Gasteiger partial charge in [-0.1, -0.05) is 30.3 Å². The molecule has 144 valence electrons. The summed E-state index contributed by atoms with van der Waals surface area (Å²) in [4.78, 5) is 0. The molecule has 4 rings (SSSR count). The summed E-state index contributed by atoms with van der Waals surface area (Å²) in [6.07, 6.45) is 0.609. The first-order valence-corrected chi connectivity index (χ1v) is 9.00. The van der Waals surface area contributed by atoms with Crippen molar-refractivity contribution in [3.63, 3.8) is 0 Å². The highest BCUT2D eigenvalue weighted by atomic mass is 16.5. The molecule has 0 aliphatic carbocycles. The third kappa shape index (κ3) is 2.87. The van der Waals surface area contributed by atoms with Crippen molar-refractivity contribution in [3.05, 3.63) is 59.7 Å². The van der Waals surface area contributed by atoms with E-state index in [0.717, 1.165) is 27.6 Å². The molecule has 0 saturated carbocycles. The van der Waals surface area contributed by atoms with E-state index in [1.54, 1.807) is 21.3 Å². The third-order valence-electron chi connectivity index (χ3n) is 5.07. The van der Waals surface area contributed by atoms with Crippen LogP contribution in [-0.4, -0.2) is 32.1 Å². The average Bonchev–Trinajstić information content (AvgIpc) is 3.22. The standard InChI is InChI=1S/C22H22N2O4/c1-26-19-11-10-16(21(27-2)22(19)28-3)18-12-17(23-24-18)15-9-8-13-6-4-5-7-14(13)20(15)25/h4-11,18,24-25H,12H2,1-3H3. The number of hydrogen-bond acceptors (Lipinski definition) is 6. The number of aromatic hydroxyl groups is 1. The van der Waals surface area contributed by atoms with Gasteiger partial charge >= 0.3 is 0 Å². The predicted molar refractivity (Wildman–Crippen MR) is 109 cm³/mol. The van der Waals surface area contributed by atoms with Crippen LogP contribution in [0.25, 0.3) is 10.8 Å². The number of phenols is 1. The second kappa shape index (κ2) is 7.31. The van der Waals surface area contributed by atoms with Crippen LogP contribution in [0.4, 0.5) is 0 Å². The maximum Gasteiger partial charge on any atom is 0.203 e. The first kappa shape index (κ1) is 18.0. The fourth-order valence-corrected chi connectivity index (χ4v) is 3.68. The number of phenolic OH excluding ortho intramolecular Hbond substituents is 1. The van der Waals surface area contributed by atoms with Crippen LogP contribution in [-0.2, 0) is 0 Å². The maximum atomic E-state index is 10.7. The lowest BCUT2D eigenvalue weighted by Crippen LogP contribution is -2.12. The smallest absolute Gasteiger partial charge is 0.203 e. The molecule has 0 saturated heterocycles. The Kier molecular flexibility index (Phi) is 4.69. The van der Waals surface area contributed by atoms with E-state index >= 15 is 0 Å². The van der Waals surface area contributed by atoms with Gasteiger partial charge < -0.3 is 24.7 Å². The van der Waals surface area contributed by atoms with Gasteiger partial charge in [-0.05, 0) is 23.6 Å². The number of nitrogens with zero attached hydrogens (tertiary/aromatic N) is 1. The SMILES string of the molecule is COc1ccc(C2CC(c3ccc4ccccc4c3O)=NN2)c(OC)c1OC. The van der Waals surface area contributed by atoms with E-state index in [9.17, 15) is 5.11 Å². The number of rotatable bonds is 5. The topological polar surface area (TPSA) is 72.3 Å². The second-order valence-electron chi connectivity index (χ2n) is 6.55. The summed E-state index contributed by atoms with van der Waals surface area (Å²) in [5.41, 5.74) is 5.60. The summed E-state index contributed by atoms with van der Waals surface area (Å²) in [7, 11) is 4.78. The first-order chi connectivity index (χ1) is 13.7. The summed E-state index contributed by atoms with van der Waals surface area (Å²) in [5, 5.41) is 17.0. The maximum absolute atomic E-state index is 10.7. The molecule has 0 spiro atoms. The predicted octanol–water partition coefficient (Wildman–Crippen LogP) is 4.01. The van der Waals surface area contributed by atoms with Crippen LogP contribution in [0.15, 0.2) is 53.6 Å². The van der Waals surface area contributed by atoms with Gasteiger partial charge in [0, 0.05) is 22.9 Å². The highest BCUT2D eigenvalue weighted by Gasteiger charge is 2.28. The van der Waals surface area contributed by atoms with Crippen LogP contribution in [0.2, 0.25) is 0 Å². The summed E-state index contributed by atoms with van der Waals surface area (Å²) in [6, 6.07) is 15.4. The van der Waals surface area contributed by atoms with Gasteiger partial charge in [-0.25, -0.2) is 0 Å². The van der Waals surface area contributed by atoms with Crippen molar-refractivity contribution < 1.29 is 19.3 Å². The molecule has 0 radical (unpaired) electrons. The molecule has 6 nitrogen and oxygen atoms in total. The van der Waals surface area contributed by atoms with Crippen molar-refractivity contribution in [3.8, 4) is 23.0 Å². The van der Waals surface area contributed by atoms with E-state index < -0.39 is 0 Å². The van der Waals surface area contributed by atoms with Gasteiger partial charge in [0.05, 0.1) is 33.1 Å². The molecule has 0 fully saturated rings. The van der Waals surface area contributed by atoms with Gasteiger partial charge in [-0.15, -0.1) is 0 Å². The Morgan fingerprint density at radius 1 is 0.929 bits per heavy atom. The molecule has 1 aliphatic heterocycles. The normalized spacial score (nSPS) is 15.8. The fourth-order valence-electron chi connectivity index (χ4n) is 3.68. The number of benzene rings is 3. The number of hydrogen-bond donors (Lipinski definition) is 2. The highest BCUT2D eigenvalue weighted by molar-refractivity contribution is 6.08. The Morgan fingerprint density at radius 3 is 2.46 bits per heavy atom. The van der Waals surface area contributed by atoms with Crippen molar-refractivity contribution in [1.29, 1.82) is 0 Å². The van der Waals surface area contributed by atoms with E-state index in [1.807, 2.05) is 48.5 Å². The van der Waals surface area contributed by atoms with E-state index in [2.05, 4.69) is 10.5 Å². The Bertz CT molecular complexity index is 1060.